The predicted molar refractivity (Wildman–Crippen MR) is 49.2 cm³/mol. The quantitative estimate of drug-likeness (QED) is 0.499. The van der Waals surface area contributed by atoms with E-state index in [0.29, 0.717) is 0 Å². The first-order valence-corrected chi connectivity index (χ1v) is 4.04. The second-order valence-electron chi connectivity index (χ2n) is 3.03. The molecule has 2 nitrogen and oxygen atoms in total. The number of hydrogen-bond donors (Lipinski definition) is 0. The van der Waals surface area contributed by atoms with Crippen LogP contribution in [0.4, 0.5) is 5.82 Å². The van der Waals surface area contributed by atoms with Gasteiger partial charge < -0.3 is 4.90 Å². The second kappa shape index (κ2) is 2.57. The lowest BCUT2D eigenvalue weighted by Crippen LogP contribution is -2.37. The van der Waals surface area contributed by atoms with Crippen LogP contribution in [-0.4, -0.2) is 25.9 Å². The maximum atomic E-state index is 4.33. The van der Waals surface area contributed by atoms with E-state index in [-0.39, 0.29) is 0 Å². The van der Waals surface area contributed by atoms with Gasteiger partial charge in [0, 0.05) is 19.3 Å². The van der Waals surface area contributed by atoms with Crippen LogP contribution in [0.1, 0.15) is 6.42 Å². The van der Waals surface area contributed by atoms with E-state index in [1.807, 2.05) is 6.20 Å². The Labute approximate surface area is 67.7 Å². The summed E-state index contributed by atoms with van der Waals surface area (Å²) in [7, 11) is 2.06. The first kappa shape index (κ1) is 6.71. The van der Waals surface area contributed by atoms with Gasteiger partial charge in [-0.2, -0.15) is 0 Å². The number of nitrogens with zero attached hydrogens (tertiary/aromatic N) is 2. The highest BCUT2D eigenvalue weighted by Crippen LogP contribution is 2.15. The molecule has 0 aromatic carbocycles. The van der Waals surface area contributed by atoms with Crippen LogP contribution in [0.25, 0.3) is 0 Å². The minimum absolute atomic E-state index is 1.13. The van der Waals surface area contributed by atoms with Gasteiger partial charge in [0.05, 0.1) is 0 Å². The van der Waals surface area contributed by atoms with Crippen LogP contribution in [0, 0.1) is 0 Å². The Kier molecular flexibility index (Phi) is 1.57. The molecule has 1 aromatic rings. The molecule has 0 amide bonds. The van der Waals surface area contributed by atoms with Gasteiger partial charge in [-0.1, -0.05) is 11.5 Å². The monoisotopic (exact) mass is 146 g/mol. The number of anilines is 1. The summed E-state index contributed by atoms with van der Waals surface area (Å²) in [5.41, 5.74) is 1.23. The van der Waals surface area contributed by atoms with Gasteiger partial charge in [0.1, 0.15) is 13.7 Å². The zero-order chi connectivity index (χ0) is 7.68. The maximum Gasteiger partial charge on any atom is 0.141 e. The van der Waals surface area contributed by atoms with Crippen molar-refractivity contribution in [2.75, 3.05) is 18.0 Å². The van der Waals surface area contributed by atoms with Crippen molar-refractivity contribution in [1.29, 1.82) is 0 Å². The topological polar surface area (TPSA) is 16.1 Å². The molecule has 0 N–H and O–H groups in total. The van der Waals surface area contributed by atoms with Gasteiger partial charge in [0.2, 0.25) is 0 Å². The van der Waals surface area contributed by atoms with E-state index in [1.54, 1.807) is 0 Å². The van der Waals surface area contributed by atoms with Crippen molar-refractivity contribution in [1.82, 2.24) is 4.98 Å². The fraction of sp³-hybridized carbons (Fsp3) is 0.375. The molecule has 0 atom stereocenters. The Hall–Kier alpha value is -0.985. The molecule has 0 spiro atoms. The molecule has 0 radical (unpaired) electrons. The van der Waals surface area contributed by atoms with Crippen molar-refractivity contribution >= 4 is 19.1 Å². The molecule has 3 heteroatoms. The van der Waals surface area contributed by atoms with Gasteiger partial charge in [-0.3, -0.25) is 0 Å². The molecular weight excluding hydrogens is 135 g/mol. The normalized spacial score (nSPS) is 16.2. The van der Waals surface area contributed by atoms with Crippen molar-refractivity contribution < 1.29 is 0 Å². The molecule has 1 aliphatic rings. The smallest absolute Gasteiger partial charge is 0.141 e. The van der Waals surface area contributed by atoms with Crippen LogP contribution < -0.4 is 10.4 Å². The first-order valence-electron chi connectivity index (χ1n) is 4.04. The lowest BCUT2D eigenvalue weighted by Gasteiger charge is -2.31. The fourth-order valence-electron chi connectivity index (χ4n) is 1.19. The molecule has 0 unspecified atom stereocenters. The minimum Gasteiger partial charge on any atom is -0.356 e. The van der Waals surface area contributed by atoms with Crippen molar-refractivity contribution in [3.63, 3.8) is 0 Å². The summed E-state index contributed by atoms with van der Waals surface area (Å²) in [4.78, 5) is 6.62. The molecule has 0 saturated carbocycles. The molecule has 0 bridgehead atoms. The van der Waals surface area contributed by atoms with Gasteiger partial charge in [-0.05, 0) is 12.5 Å². The van der Waals surface area contributed by atoms with Crippen LogP contribution >= 0.6 is 0 Å². The summed E-state index contributed by atoms with van der Waals surface area (Å²) < 4.78 is 0. The maximum absolute atomic E-state index is 4.33. The number of aromatic nitrogens is 1. The summed E-state index contributed by atoms with van der Waals surface area (Å²) in [5.74, 6) is 1.13. The Morgan fingerprint density at radius 2 is 2.18 bits per heavy atom. The Bertz CT molecular complexity index is 241. The largest absolute Gasteiger partial charge is 0.356 e. The van der Waals surface area contributed by atoms with E-state index >= 15 is 0 Å². The molecule has 56 valence electrons. The lowest BCUT2D eigenvalue weighted by atomic mass is 9.99. The first-order chi connectivity index (χ1) is 5.36. The average Bonchev–Trinajstić information content (AvgIpc) is 1.90. The fourth-order valence-corrected chi connectivity index (χ4v) is 1.19. The molecule has 0 aliphatic carbocycles. The summed E-state index contributed by atoms with van der Waals surface area (Å²) in [6.45, 7) is 2.35. The van der Waals surface area contributed by atoms with Gasteiger partial charge in [-0.15, -0.1) is 0 Å². The highest BCUT2D eigenvalue weighted by Gasteiger charge is 2.14. The standard InChI is InChI=1S/C8H11BN2/c9-7-2-3-8(10-6-7)11-4-1-5-11/h2-3,6H,1,4-5,9H2. The van der Waals surface area contributed by atoms with E-state index in [0.717, 1.165) is 5.82 Å². The zero-order valence-electron chi connectivity index (χ0n) is 6.75. The van der Waals surface area contributed by atoms with Crippen LogP contribution in [0.3, 0.4) is 0 Å². The Balaban J connectivity index is 2.18. The molecule has 1 aromatic heterocycles. The number of hydrogen-bond acceptors (Lipinski definition) is 2. The summed E-state index contributed by atoms with van der Waals surface area (Å²) in [5, 5.41) is 0. The van der Waals surface area contributed by atoms with Crippen LogP contribution in [0.15, 0.2) is 18.3 Å². The van der Waals surface area contributed by atoms with Crippen molar-refractivity contribution in [2.24, 2.45) is 0 Å². The van der Waals surface area contributed by atoms with Crippen LogP contribution in [-0.2, 0) is 0 Å². The molecular formula is C8H11BN2. The van der Waals surface area contributed by atoms with E-state index in [1.165, 1.54) is 25.0 Å². The summed E-state index contributed by atoms with van der Waals surface area (Å²) in [6.07, 6.45) is 3.24. The van der Waals surface area contributed by atoms with Gasteiger partial charge in [-0.25, -0.2) is 4.98 Å². The van der Waals surface area contributed by atoms with Gasteiger partial charge in [0.25, 0.3) is 0 Å². The zero-order valence-corrected chi connectivity index (χ0v) is 6.75. The SMILES string of the molecule is Bc1ccc(N2CCC2)nc1. The molecule has 1 aliphatic heterocycles. The number of pyridine rings is 1. The highest BCUT2D eigenvalue weighted by molar-refractivity contribution is 6.32. The average molecular weight is 146 g/mol. The van der Waals surface area contributed by atoms with Crippen LogP contribution in [0.2, 0.25) is 0 Å². The molecule has 11 heavy (non-hydrogen) atoms. The molecule has 2 heterocycles. The van der Waals surface area contributed by atoms with Crippen LogP contribution in [0.5, 0.6) is 0 Å². The van der Waals surface area contributed by atoms with Gasteiger partial charge >= 0.3 is 0 Å². The summed E-state index contributed by atoms with van der Waals surface area (Å²) in [6, 6.07) is 4.20. The van der Waals surface area contributed by atoms with E-state index in [4.69, 9.17) is 0 Å². The van der Waals surface area contributed by atoms with Crippen molar-refractivity contribution in [2.45, 2.75) is 6.42 Å². The molecule has 1 fully saturated rings. The Morgan fingerprint density at radius 1 is 1.36 bits per heavy atom. The van der Waals surface area contributed by atoms with Crippen molar-refractivity contribution in [3.8, 4) is 0 Å². The van der Waals surface area contributed by atoms with E-state index < -0.39 is 0 Å². The van der Waals surface area contributed by atoms with E-state index in [2.05, 4.69) is 29.9 Å². The second-order valence-corrected chi connectivity index (χ2v) is 3.03. The minimum atomic E-state index is 1.13. The predicted octanol–water partition coefficient (Wildman–Crippen LogP) is -0.450. The third-order valence-electron chi connectivity index (χ3n) is 2.08. The van der Waals surface area contributed by atoms with Crippen molar-refractivity contribution in [3.05, 3.63) is 18.3 Å². The number of rotatable bonds is 1. The third-order valence-corrected chi connectivity index (χ3v) is 2.08. The summed E-state index contributed by atoms with van der Waals surface area (Å²) >= 11 is 0. The molecule has 1 saturated heterocycles. The van der Waals surface area contributed by atoms with E-state index in [9.17, 15) is 0 Å². The third kappa shape index (κ3) is 1.23. The van der Waals surface area contributed by atoms with Gasteiger partial charge in [0.15, 0.2) is 0 Å². The molecule has 2 rings (SSSR count). The lowest BCUT2D eigenvalue weighted by molar-refractivity contribution is 0.610. The highest BCUT2D eigenvalue weighted by atomic mass is 15.2. The Morgan fingerprint density at radius 3 is 2.64 bits per heavy atom.